The number of hydroxylamine groups is 1. The van der Waals surface area contributed by atoms with Gasteiger partial charge in [0, 0.05) is 4.90 Å². The first-order chi connectivity index (χ1) is 6.72. The zero-order chi connectivity index (χ0) is 10.1. The van der Waals surface area contributed by atoms with Crippen molar-refractivity contribution >= 4 is 17.4 Å². The van der Waals surface area contributed by atoms with Crippen LogP contribution >= 0.6 is 11.8 Å². The second-order valence-corrected chi connectivity index (χ2v) is 4.79. The van der Waals surface area contributed by atoms with Crippen LogP contribution in [0.25, 0.3) is 0 Å². The van der Waals surface area contributed by atoms with Crippen molar-refractivity contribution in [3.63, 3.8) is 0 Å². The summed E-state index contributed by atoms with van der Waals surface area (Å²) in [5, 5.41) is 2.38. The monoisotopic (exact) mass is 209 g/mol. The Labute approximate surface area is 89.2 Å². The van der Waals surface area contributed by atoms with E-state index < -0.39 is 0 Å². The van der Waals surface area contributed by atoms with E-state index in [1.54, 1.807) is 0 Å². The molecule has 0 aromatic heterocycles. The summed E-state index contributed by atoms with van der Waals surface area (Å²) in [5.41, 5.74) is 2.51. The van der Waals surface area contributed by atoms with Crippen LogP contribution in [0.1, 0.15) is 19.4 Å². The van der Waals surface area contributed by atoms with Gasteiger partial charge >= 0.3 is 0 Å². The molecule has 0 spiro atoms. The molecule has 2 nitrogen and oxygen atoms in total. The molecule has 1 aromatic carbocycles. The zero-order valence-electron chi connectivity index (χ0n) is 8.78. The van der Waals surface area contributed by atoms with Crippen LogP contribution in [0.3, 0.4) is 0 Å². The lowest BCUT2D eigenvalue weighted by molar-refractivity contribution is 0.118. The Hall–Kier alpha value is -0.670. The lowest BCUT2D eigenvalue weighted by atomic mass is 10.2. The first kappa shape index (κ1) is 9.87. The van der Waals surface area contributed by atoms with Gasteiger partial charge in [0.25, 0.3) is 0 Å². The minimum absolute atomic E-state index is 0.381. The average Bonchev–Trinajstić information content (AvgIpc) is 2.43. The van der Waals surface area contributed by atoms with Gasteiger partial charge in [0.2, 0.25) is 0 Å². The highest BCUT2D eigenvalue weighted by molar-refractivity contribution is 8.00. The van der Waals surface area contributed by atoms with E-state index in [9.17, 15) is 0 Å². The molecule has 1 aliphatic rings. The van der Waals surface area contributed by atoms with Crippen molar-refractivity contribution in [3.8, 4) is 0 Å². The predicted molar refractivity (Wildman–Crippen MR) is 60.6 cm³/mol. The third kappa shape index (κ3) is 1.62. The molecule has 0 saturated carbocycles. The molecule has 1 unspecified atom stereocenters. The van der Waals surface area contributed by atoms with E-state index in [-0.39, 0.29) is 0 Å². The molecule has 1 heterocycles. The molecule has 1 atom stereocenters. The van der Waals surface area contributed by atoms with Crippen LogP contribution in [-0.4, -0.2) is 12.0 Å². The topological polar surface area (TPSA) is 12.5 Å². The van der Waals surface area contributed by atoms with Crippen LogP contribution in [-0.2, 0) is 4.84 Å². The predicted octanol–water partition coefficient (Wildman–Crippen LogP) is 3.20. The molecular weight excluding hydrogens is 194 g/mol. The van der Waals surface area contributed by atoms with Gasteiger partial charge in [-0.1, -0.05) is 17.8 Å². The Bertz CT molecular complexity index is 340. The number of fused-ring (bicyclic) bond motifs is 1. The van der Waals surface area contributed by atoms with Crippen molar-refractivity contribution in [1.29, 1.82) is 0 Å². The summed E-state index contributed by atoms with van der Waals surface area (Å²) >= 11 is 1.85. The van der Waals surface area contributed by atoms with E-state index in [4.69, 9.17) is 4.84 Å². The maximum absolute atomic E-state index is 5.59. The molecule has 0 fully saturated rings. The number of hydrogen-bond donors (Lipinski definition) is 0. The van der Waals surface area contributed by atoms with Crippen LogP contribution in [0.15, 0.2) is 23.1 Å². The standard InChI is InChI=1S/C11H15NOS/c1-4-13-12-9(3)14-11-7-8(2)5-6-10(11)12/h5-7,9H,4H2,1-3H3. The van der Waals surface area contributed by atoms with Gasteiger partial charge in [-0.25, -0.2) is 5.06 Å². The van der Waals surface area contributed by atoms with Gasteiger partial charge < -0.3 is 0 Å². The summed E-state index contributed by atoms with van der Waals surface area (Å²) in [6.45, 7) is 7.02. The molecule has 3 heteroatoms. The highest BCUT2D eigenvalue weighted by Gasteiger charge is 2.27. The van der Waals surface area contributed by atoms with E-state index in [1.807, 2.05) is 23.7 Å². The fourth-order valence-corrected chi connectivity index (χ4v) is 2.81. The van der Waals surface area contributed by atoms with Crippen molar-refractivity contribution < 1.29 is 4.84 Å². The van der Waals surface area contributed by atoms with Gasteiger partial charge in [-0.2, -0.15) is 0 Å². The molecule has 1 aromatic rings. The van der Waals surface area contributed by atoms with Crippen molar-refractivity contribution in [3.05, 3.63) is 23.8 Å². The number of benzene rings is 1. The Morgan fingerprint density at radius 3 is 3.00 bits per heavy atom. The van der Waals surface area contributed by atoms with Crippen LogP contribution in [0.4, 0.5) is 5.69 Å². The van der Waals surface area contributed by atoms with Gasteiger partial charge in [0.15, 0.2) is 0 Å². The van der Waals surface area contributed by atoms with Crippen LogP contribution < -0.4 is 5.06 Å². The van der Waals surface area contributed by atoms with Gasteiger partial charge in [0.1, 0.15) is 5.37 Å². The SMILES string of the molecule is CCON1c2ccc(C)cc2SC1C. The summed E-state index contributed by atoms with van der Waals surface area (Å²) in [4.78, 5) is 6.92. The van der Waals surface area contributed by atoms with E-state index >= 15 is 0 Å². The van der Waals surface area contributed by atoms with Gasteiger partial charge in [0.05, 0.1) is 12.3 Å². The summed E-state index contributed by atoms with van der Waals surface area (Å²) in [6, 6.07) is 6.48. The van der Waals surface area contributed by atoms with Crippen molar-refractivity contribution in [2.24, 2.45) is 0 Å². The van der Waals surface area contributed by atoms with E-state index in [2.05, 4.69) is 32.0 Å². The minimum atomic E-state index is 0.381. The van der Waals surface area contributed by atoms with E-state index in [0.29, 0.717) is 5.37 Å². The molecule has 0 aliphatic carbocycles. The number of thioether (sulfide) groups is 1. The maximum Gasteiger partial charge on any atom is 0.104 e. The second-order valence-electron chi connectivity index (χ2n) is 3.43. The van der Waals surface area contributed by atoms with Crippen molar-refractivity contribution in [2.75, 3.05) is 11.7 Å². The Morgan fingerprint density at radius 2 is 2.29 bits per heavy atom. The molecule has 76 valence electrons. The molecule has 0 amide bonds. The average molecular weight is 209 g/mol. The Balaban J connectivity index is 2.33. The first-order valence-corrected chi connectivity index (χ1v) is 5.80. The zero-order valence-corrected chi connectivity index (χ0v) is 9.60. The summed E-state index contributed by atoms with van der Waals surface area (Å²) in [6.07, 6.45) is 0. The van der Waals surface area contributed by atoms with Gasteiger partial charge in [-0.3, -0.25) is 4.84 Å². The molecule has 2 rings (SSSR count). The van der Waals surface area contributed by atoms with Crippen molar-refractivity contribution in [2.45, 2.75) is 31.0 Å². The molecule has 0 bridgehead atoms. The largest absolute Gasteiger partial charge is 0.273 e. The van der Waals surface area contributed by atoms with Crippen LogP contribution in [0.2, 0.25) is 0 Å². The summed E-state index contributed by atoms with van der Waals surface area (Å²) in [5.74, 6) is 0. The Kier molecular flexibility index (Phi) is 2.70. The van der Waals surface area contributed by atoms with Crippen LogP contribution in [0.5, 0.6) is 0 Å². The van der Waals surface area contributed by atoms with E-state index in [1.165, 1.54) is 16.1 Å². The normalized spacial score (nSPS) is 19.9. The highest BCUT2D eigenvalue weighted by atomic mass is 32.2. The number of aryl methyl sites for hydroxylation is 1. The number of nitrogens with zero attached hydrogens (tertiary/aromatic N) is 1. The maximum atomic E-state index is 5.59. The molecule has 0 N–H and O–H groups in total. The first-order valence-electron chi connectivity index (χ1n) is 4.92. The highest BCUT2D eigenvalue weighted by Crippen LogP contribution is 2.43. The summed E-state index contributed by atoms with van der Waals surface area (Å²) < 4.78 is 0. The van der Waals surface area contributed by atoms with E-state index in [0.717, 1.165) is 6.61 Å². The number of hydrogen-bond acceptors (Lipinski definition) is 3. The molecule has 0 radical (unpaired) electrons. The lowest BCUT2D eigenvalue weighted by Gasteiger charge is -2.21. The molecule has 14 heavy (non-hydrogen) atoms. The summed E-state index contributed by atoms with van der Waals surface area (Å²) in [7, 11) is 0. The smallest absolute Gasteiger partial charge is 0.104 e. The third-order valence-electron chi connectivity index (χ3n) is 2.25. The molecular formula is C11H15NOS. The quantitative estimate of drug-likeness (QED) is 0.742. The minimum Gasteiger partial charge on any atom is -0.273 e. The second kappa shape index (κ2) is 3.83. The molecule has 0 saturated heterocycles. The third-order valence-corrected chi connectivity index (χ3v) is 3.36. The lowest BCUT2D eigenvalue weighted by Crippen LogP contribution is -2.26. The van der Waals surface area contributed by atoms with Gasteiger partial charge in [-0.15, -0.1) is 0 Å². The number of anilines is 1. The number of rotatable bonds is 2. The van der Waals surface area contributed by atoms with Crippen molar-refractivity contribution in [1.82, 2.24) is 0 Å². The fourth-order valence-electron chi connectivity index (χ4n) is 1.64. The fraction of sp³-hybridized carbons (Fsp3) is 0.455. The molecule has 1 aliphatic heterocycles. The van der Waals surface area contributed by atoms with Gasteiger partial charge in [-0.05, 0) is 38.5 Å². The Morgan fingerprint density at radius 1 is 1.50 bits per heavy atom. The van der Waals surface area contributed by atoms with Crippen LogP contribution in [0, 0.1) is 6.92 Å².